The molecule has 1 heterocycles. The van der Waals surface area contributed by atoms with E-state index in [1.54, 1.807) is 26.4 Å². The molecule has 1 saturated carbocycles. The Labute approximate surface area is 146 Å². The van der Waals surface area contributed by atoms with Crippen molar-refractivity contribution in [3.63, 3.8) is 0 Å². The summed E-state index contributed by atoms with van der Waals surface area (Å²) < 4.78 is 10.5. The first-order chi connectivity index (χ1) is 12.2. The SMILES string of the molecule is COc1ccc(OC)c(Nc2cnc(C(=O)NC3CCCC3)cn2)c1. The summed E-state index contributed by atoms with van der Waals surface area (Å²) in [5.74, 6) is 1.70. The number of benzene rings is 1. The molecule has 2 aromatic rings. The van der Waals surface area contributed by atoms with E-state index in [9.17, 15) is 4.79 Å². The summed E-state index contributed by atoms with van der Waals surface area (Å²) in [7, 11) is 3.19. The number of anilines is 2. The molecule has 1 aromatic heterocycles. The highest BCUT2D eigenvalue weighted by atomic mass is 16.5. The summed E-state index contributed by atoms with van der Waals surface area (Å²) >= 11 is 0. The van der Waals surface area contributed by atoms with Crippen LogP contribution < -0.4 is 20.1 Å². The van der Waals surface area contributed by atoms with Gasteiger partial charge >= 0.3 is 0 Å². The lowest BCUT2D eigenvalue weighted by Gasteiger charge is -2.13. The summed E-state index contributed by atoms with van der Waals surface area (Å²) in [6.45, 7) is 0. The quantitative estimate of drug-likeness (QED) is 0.839. The largest absolute Gasteiger partial charge is 0.497 e. The summed E-state index contributed by atoms with van der Waals surface area (Å²) in [4.78, 5) is 20.7. The van der Waals surface area contributed by atoms with E-state index in [-0.39, 0.29) is 11.9 Å². The van der Waals surface area contributed by atoms with E-state index in [0.29, 0.717) is 28.7 Å². The number of ether oxygens (including phenoxy) is 2. The van der Waals surface area contributed by atoms with Gasteiger partial charge in [-0.2, -0.15) is 0 Å². The molecule has 1 aliphatic rings. The highest BCUT2D eigenvalue weighted by Crippen LogP contribution is 2.30. The highest BCUT2D eigenvalue weighted by molar-refractivity contribution is 5.92. The van der Waals surface area contributed by atoms with Gasteiger partial charge in [0, 0.05) is 12.1 Å². The molecule has 0 unspecified atom stereocenters. The van der Waals surface area contributed by atoms with Crippen LogP contribution in [0.1, 0.15) is 36.2 Å². The van der Waals surface area contributed by atoms with Crippen molar-refractivity contribution >= 4 is 17.4 Å². The fraction of sp³-hybridized carbons (Fsp3) is 0.389. The lowest BCUT2D eigenvalue weighted by Crippen LogP contribution is -2.33. The normalized spacial score (nSPS) is 14.2. The van der Waals surface area contributed by atoms with Crippen molar-refractivity contribution in [3.8, 4) is 11.5 Å². The molecule has 3 rings (SSSR count). The standard InChI is InChI=1S/C18H22N4O3/c1-24-13-7-8-16(25-2)14(9-13)22-17-11-19-15(10-20-17)18(23)21-12-5-3-4-6-12/h7-12H,3-6H2,1-2H3,(H,20,22)(H,21,23). The zero-order valence-electron chi connectivity index (χ0n) is 14.4. The van der Waals surface area contributed by atoms with Crippen LogP contribution >= 0.6 is 0 Å². The molecule has 1 aliphatic carbocycles. The van der Waals surface area contributed by atoms with Gasteiger partial charge in [0.05, 0.1) is 32.3 Å². The van der Waals surface area contributed by atoms with Gasteiger partial charge in [0.2, 0.25) is 0 Å². The van der Waals surface area contributed by atoms with E-state index < -0.39 is 0 Å². The Morgan fingerprint density at radius 3 is 2.56 bits per heavy atom. The third kappa shape index (κ3) is 4.17. The summed E-state index contributed by atoms with van der Waals surface area (Å²) in [6.07, 6.45) is 7.41. The van der Waals surface area contributed by atoms with Crippen molar-refractivity contribution in [2.45, 2.75) is 31.7 Å². The van der Waals surface area contributed by atoms with Gasteiger partial charge in [-0.25, -0.2) is 9.97 Å². The van der Waals surface area contributed by atoms with Crippen molar-refractivity contribution in [1.29, 1.82) is 0 Å². The third-order valence-electron chi connectivity index (χ3n) is 4.24. The summed E-state index contributed by atoms with van der Waals surface area (Å²) in [5, 5.41) is 6.13. The van der Waals surface area contributed by atoms with E-state index in [0.717, 1.165) is 12.8 Å². The Morgan fingerprint density at radius 1 is 1.12 bits per heavy atom. The Bertz CT molecular complexity index is 728. The number of hydrogen-bond acceptors (Lipinski definition) is 6. The minimum absolute atomic E-state index is 0.176. The maximum atomic E-state index is 12.2. The van der Waals surface area contributed by atoms with Crippen LogP contribution in [0.15, 0.2) is 30.6 Å². The van der Waals surface area contributed by atoms with Crippen molar-refractivity contribution in [1.82, 2.24) is 15.3 Å². The molecule has 25 heavy (non-hydrogen) atoms. The Balaban J connectivity index is 1.69. The van der Waals surface area contributed by atoms with Gasteiger partial charge < -0.3 is 20.1 Å². The van der Waals surface area contributed by atoms with Gasteiger partial charge in [0.1, 0.15) is 23.0 Å². The molecule has 0 atom stereocenters. The molecule has 1 aromatic carbocycles. The average Bonchev–Trinajstić information content (AvgIpc) is 3.15. The molecule has 0 radical (unpaired) electrons. The molecule has 2 N–H and O–H groups in total. The zero-order valence-corrected chi connectivity index (χ0v) is 14.4. The predicted octanol–water partition coefficient (Wildman–Crippen LogP) is 2.91. The Kier molecular flexibility index (Phi) is 5.33. The fourth-order valence-electron chi connectivity index (χ4n) is 2.89. The number of nitrogens with one attached hydrogen (secondary N) is 2. The second-order valence-corrected chi connectivity index (χ2v) is 5.93. The van der Waals surface area contributed by atoms with Gasteiger partial charge in [-0.05, 0) is 25.0 Å². The molecular weight excluding hydrogens is 320 g/mol. The van der Waals surface area contributed by atoms with E-state index in [1.807, 2.05) is 6.07 Å². The molecule has 0 bridgehead atoms. The number of amides is 1. The maximum Gasteiger partial charge on any atom is 0.271 e. The molecular formula is C18H22N4O3. The smallest absolute Gasteiger partial charge is 0.271 e. The second-order valence-electron chi connectivity index (χ2n) is 5.93. The van der Waals surface area contributed by atoms with E-state index in [4.69, 9.17) is 9.47 Å². The first-order valence-corrected chi connectivity index (χ1v) is 8.31. The molecule has 0 aliphatic heterocycles. The van der Waals surface area contributed by atoms with Crippen LogP contribution in [0.5, 0.6) is 11.5 Å². The van der Waals surface area contributed by atoms with Crippen LogP contribution in [0, 0.1) is 0 Å². The van der Waals surface area contributed by atoms with Crippen LogP contribution in [0.25, 0.3) is 0 Å². The Hall–Kier alpha value is -2.83. The minimum atomic E-state index is -0.176. The monoisotopic (exact) mass is 342 g/mol. The van der Waals surface area contributed by atoms with E-state index in [1.165, 1.54) is 25.2 Å². The first-order valence-electron chi connectivity index (χ1n) is 8.31. The number of nitrogens with zero attached hydrogens (tertiary/aromatic N) is 2. The number of hydrogen-bond donors (Lipinski definition) is 2. The molecule has 1 fully saturated rings. The summed E-state index contributed by atoms with van der Waals surface area (Å²) in [6, 6.07) is 5.68. The topological polar surface area (TPSA) is 85.4 Å². The van der Waals surface area contributed by atoms with Gasteiger partial charge in [-0.15, -0.1) is 0 Å². The molecule has 1 amide bonds. The number of carbonyl (C=O) groups is 1. The van der Waals surface area contributed by atoms with E-state index >= 15 is 0 Å². The van der Waals surface area contributed by atoms with Crippen LogP contribution in [0.2, 0.25) is 0 Å². The number of carbonyl (C=O) groups excluding carboxylic acids is 1. The van der Waals surface area contributed by atoms with Crippen LogP contribution in [0.3, 0.4) is 0 Å². The highest BCUT2D eigenvalue weighted by Gasteiger charge is 2.18. The molecule has 0 spiro atoms. The lowest BCUT2D eigenvalue weighted by molar-refractivity contribution is 0.0932. The fourth-order valence-corrected chi connectivity index (χ4v) is 2.89. The molecule has 132 valence electrons. The second kappa shape index (κ2) is 7.83. The number of rotatable bonds is 6. The predicted molar refractivity (Wildman–Crippen MR) is 94.6 cm³/mol. The molecule has 7 nitrogen and oxygen atoms in total. The molecule has 7 heteroatoms. The summed E-state index contributed by atoms with van der Waals surface area (Å²) in [5.41, 5.74) is 1.02. The lowest BCUT2D eigenvalue weighted by atomic mass is 10.2. The van der Waals surface area contributed by atoms with Gasteiger partial charge in [0.25, 0.3) is 5.91 Å². The van der Waals surface area contributed by atoms with Crippen molar-refractivity contribution in [2.24, 2.45) is 0 Å². The first kappa shape index (κ1) is 17.0. The van der Waals surface area contributed by atoms with E-state index in [2.05, 4.69) is 20.6 Å². The zero-order chi connectivity index (χ0) is 17.6. The minimum Gasteiger partial charge on any atom is -0.497 e. The van der Waals surface area contributed by atoms with Crippen LogP contribution in [0.4, 0.5) is 11.5 Å². The maximum absolute atomic E-state index is 12.2. The average molecular weight is 342 g/mol. The van der Waals surface area contributed by atoms with Gasteiger partial charge in [0.15, 0.2) is 0 Å². The number of methoxy groups -OCH3 is 2. The van der Waals surface area contributed by atoms with Gasteiger partial charge in [-0.3, -0.25) is 4.79 Å². The van der Waals surface area contributed by atoms with Crippen LogP contribution in [-0.2, 0) is 0 Å². The molecule has 0 saturated heterocycles. The van der Waals surface area contributed by atoms with Crippen molar-refractivity contribution in [3.05, 3.63) is 36.3 Å². The number of aromatic nitrogens is 2. The van der Waals surface area contributed by atoms with Gasteiger partial charge in [-0.1, -0.05) is 12.8 Å². The van der Waals surface area contributed by atoms with Crippen molar-refractivity contribution in [2.75, 3.05) is 19.5 Å². The van der Waals surface area contributed by atoms with Crippen LogP contribution in [-0.4, -0.2) is 36.1 Å². The third-order valence-corrected chi connectivity index (χ3v) is 4.24. The Morgan fingerprint density at radius 2 is 1.92 bits per heavy atom. The van der Waals surface area contributed by atoms with Crippen molar-refractivity contribution < 1.29 is 14.3 Å².